The van der Waals surface area contributed by atoms with Crippen LogP contribution in [0.3, 0.4) is 0 Å². The van der Waals surface area contributed by atoms with E-state index in [1.54, 1.807) is 18.5 Å². The standard InChI is InChI=1S/C17H20ClN5O/c18-14-3-1-4-15(13-14)22-9-11-23(12-10-22)16(24)5-8-21-17-19-6-2-7-20-17/h1-4,6-7,13H,5,8-12H2,(H,19,20,21). The fourth-order valence-electron chi connectivity index (χ4n) is 2.72. The molecule has 0 aliphatic carbocycles. The maximum absolute atomic E-state index is 12.3. The first-order valence-corrected chi connectivity index (χ1v) is 8.39. The van der Waals surface area contributed by atoms with Crippen molar-refractivity contribution in [1.29, 1.82) is 0 Å². The molecule has 1 amide bonds. The predicted molar refractivity (Wildman–Crippen MR) is 95.4 cm³/mol. The molecule has 1 saturated heterocycles. The number of nitrogens with one attached hydrogen (secondary N) is 1. The molecule has 126 valence electrons. The van der Waals surface area contributed by atoms with E-state index in [-0.39, 0.29) is 5.91 Å². The minimum atomic E-state index is 0.157. The largest absolute Gasteiger partial charge is 0.368 e. The van der Waals surface area contributed by atoms with Gasteiger partial charge < -0.3 is 15.1 Å². The highest BCUT2D eigenvalue weighted by Crippen LogP contribution is 2.20. The molecule has 1 aliphatic heterocycles. The van der Waals surface area contributed by atoms with Crippen molar-refractivity contribution < 1.29 is 4.79 Å². The van der Waals surface area contributed by atoms with Crippen LogP contribution in [0.1, 0.15) is 6.42 Å². The quantitative estimate of drug-likeness (QED) is 0.900. The maximum Gasteiger partial charge on any atom is 0.224 e. The van der Waals surface area contributed by atoms with E-state index in [0.717, 1.165) is 36.9 Å². The fourth-order valence-corrected chi connectivity index (χ4v) is 2.90. The molecule has 1 aliphatic rings. The Hall–Kier alpha value is -2.34. The van der Waals surface area contributed by atoms with Crippen LogP contribution in [0.4, 0.5) is 11.6 Å². The van der Waals surface area contributed by atoms with Crippen molar-refractivity contribution in [2.24, 2.45) is 0 Å². The normalized spacial score (nSPS) is 14.5. The Morgan fingerprint density at radius 2 is 1.88 bits per heavy atom. The molecule has 7 heteroatoms. The zero-order valence-electron chi connectivity index (χ0n) is 13.4. The first-order chi connectivity index (χ1) is 11.7. The van der Waals surface area contributed by atoms with Crippen LogP contribution in [-0.2, 0) is 4.79 Å². The summed E-state index contributed by atoms with van der Waals surface area (Å²) < 4.78 is 0. The van der Waals surface area contributed by atoms with E-state index >= 15 is 0 Å². The molecule has 2 heterocycles. The van der Waals surface area contributed by atoms with Gasteiger partial charge in [0.25, 0.3) is 0 Å². The van der Waals surface area contributed by atoms with Gasteiger partial charge in [0.05, 0.1) is 0 Å². The van der Waals surface area contributed by atoms with Crippen LogP contribution in [0.25, 0.3) is 0 Å². The lowest BCUT2D eigenvalue weighted by atomic mass is 10.2. The van der Waals surface area contributed by atoms with E-state index in [1.807, 2.05) is 29.2 Å². The van der Waals surface area contributed by atoms with Crippen LogP contribution >= 0.6 is 11.6 Å². The Morgan fingerprint density at radius 3 is 2.58 bits per heavy atom. The molecule has 0 radical (unpaired) electrons. The fraction of sp³-hybridized carbons (Fsp3) is 0.353. The summed E-state index contributed by atoms with van der Waals surface area (Å²) in [6.07, 6.45) is 3.79. The lowest BCUT2D eigenvalue weighted by molar-refractivity contribution is -0.131. The number of hydrogen-bond acceptors (Lipinski definition) is 5. The topological polar surface area (TPSA) is 61.4 Å². The number of carbonyl (C=O) groups is 1. The van der Waals surface area contributed by atoms with Gasteiger partial charge in [0, 0.05) is 62.2 Å². The summed E-state index contributed by atoms with van der Waals surface area (Å²) in [5, 5.41) is 3.80. The van der Waals surface area contributed by atoms with E-state index in [0.29, 0.717) is 18.9 Å². The number of anilines is 2. The van der Waals surface area contributed by atoms with Gasteiger partial charge in [-0.2, -0.15) is 0 Å². The number of hydrogen-bond donors (Lipinski definition) is 1. The van der Waals surface area contributed by atoms with Crippen molar-refractivity contribution >= 4 is 29.1 Å². The first kappa shape index (κ1) is 16.5. The molecule has 0 saturated carbocycles. The second kappa shape index (κ2) is 7.97. The smallest absolute Gasteiger partial charge is 0.224 e. The number of amides is 1. The van der Waals surface area contributed by atoms with Crippen molar-refractivity contribution in [3.8, 4) is 0 Å². The number of halogens is 1. The van der Waals surface area contributed by atoms with Crippen molar-refractivity contribution in [3.63, 3.8) is 0 Å². The number of nitrogens with zero attached hydrogens (tertiary/aromatic N) is 4. The predicted octanol–water partition coefficient (Wildman–Crippen LogP) is 2.28. The molecule has 1 aromatic carbocycles. The van der Waals surface area contributed by atoms with Crippen molar-refractivity contribution in [2.75, 3.05) is 42.9 Å². The average molecular weight is 346 g/mol. The summed E-state index contributed by atoms with van der Waals surface area (Å²) in [5.74, 6) is 0.709. The van der Waals surface area contributed by atoms with Gasteiger partial charge in [0.2, 0.25) is 11.9 Å². The Kier molecular flexibility index (Phi) is 5.48. The van der Waals surface area contributed by atoms with E-state index in [2.05, 4.69) is 20.2 Å². The highest BCUT2D eigenvalue weighted by molar-refractivity contribution is 6.30. The Labute approximate surface area is 146 Å². The molecule has 24 heavy (non-hydrogen) atoms. The van der Waals surface area contributed by atoms with Crippen LogP contribution in [0, 0.1) is 0 Å². The molecule has 2 aromatic rings. The van der Waals surface area contributed by atoms with Crippen molar-refractivity contribution in [3.05, 3.63) is 47.7 Å². The number of benzene rings is 1. The number of carbonyl (C=O) groups excluding carboxylic acids is 1. The van der Waals surface area contributed by atoms with Gasteiger partial charge in [0.15, 0.2) is 0 Å². The summed E-state index contributed by atoms with van der Waals surface area (Å²) in [7, 11) is 0. The summed E-state index contributed by atoms with van der Waals surface area (Å²) in [6.45, 7) is 3.64. The van der Waals surface area contributed by atoms with E-state index in [1.165, 1.54) is 0 Å². The van der Waals surface area contributed by atoms with Crippen LogP contribution in [0.2, 0.25) is 5.02 Å². The van der Waals surface area contributed by atoms with Crippen molar-refractivity contribution in [1.82, 2.24) is 14.9 Å². The molecular weight excluding hydrogens is 326 g/mol. The lowest BCUT2D eigenvalue weighted by Gasteiger charge is -2.36. The highest BCUT2D eigenvalue weighted by Gasteiger charge is 2.21. The minimum Gasteiger partial charge on any atom is -0.368 e. The summed E-state index contributed by atoms with van der Waals surface area (Å²) in [4.78, 5) is 24.6. The van der Waals surface area contributed by atoms with Gasteiger partial charge in [-0.05, 0) is 24.3 Å². The van der Waals surface area contributed by atoms with Gasteiger partial charge >= 0.3 is 0 Å². The van der Waals surface area contributed by atoms with Gasteiger partial charge in [-0.1, -0.05) is 17.7 Å². The third-order valence-electron chi connectivity index (χ3n) is 3.99. The molecule has 0 spiro atoms. The maximum atomic E-state index is 12.3. The second-order valence-corrected chi connectivity index (χ2v) is 6.03. The Morgan fingerprint density at radius 1 is 1.12 bits per heavy atom. The Balaban J connectivity index is 1.43. The van der Waals surface area contributed by atoms with E-state index in [4.69, 9.17) is 11.6 Å². The van der Waals surface area contributed by atoms with Crippen LogP contribution in [-0.4, -0.2) is 53.5 Å². The van der Waals surface area contributed by atoms with E-state index < -0.39 is 0 Å². The van der Waals surface area contributed by atoms with Gasteiger partial charge in [-0.15, -0.1) is 0 Å². The van der Waals surface area contributed by atoms with Gasteiger partial charge in [-0.3, -0.25) is 4.79 Å². The monoisotopic (exact) mass is 345 g/mol. The minimum absolute atomic E-state index is 0.157. The molecule has 6 nitrogen and oxygen atoms in total. The highest BCUT2D eigenvalue weighted by atomic mass is 35.5. The lowest BCUT2D eigenvalue weighted by Crippen LogP contribution is -2.49. The summed E-state index contributed by atoms with van der Waals surface area (Å²) >= 11 is 6.04. The first-order valence-electron chi connectivity index (χ1n) is 8.01. The second-order valence-electron chi connectivity index (χ2n) is 5.60. The molecule has 0 bridgehead atoms. The number of aromatic nitrogens is 2. The summed E-state index contributed by atoms with van der Waals surface area (Å²) in [5.41, 5.74) is 1.11. The molecular formula is C17H20ClN5O. The Bertz CT molecular complexity index is 674. The van der Waals surface area contributed by atoms with Crippen LogP contribution < -0.4 is 10.2 Å². The zero-order chi connectivity index (χ0) is 16.8. The van der Waals surface area contributed by atoms with Gasteiger partial charge in [-0.25, -0.2) is 9.97 Å². The SMILES string of the molecule is O=C(CCNc1ncccn1)N1CCN(c2cccc(Cl)c2)CC1. The zero-order valence-corrected chi connectivity index (χ0v) is 14.1. The number of rotatable bonds is 5. The van der Waals surface area contributed by atoms with Crippen LogP contribution in [0.15, 0.2) is 42.7 Å². The average Bonchev–Trinajstić information content (AvgIpc) is 2.63. The molecule has 0 atom stereocenters. The van der Waals surface area contributed by atoms with Crippen LogP contribution in [0.5, 0.6) is 0 Å². The summed E-state index contributed by atoms with van der Waals surface area (Å²) in [6, 6.07) is 9.59. The molecule has 1 N–H and O–H groups in total. The third-order valence-corrected chi connectivity index (χ3v) is 4.23. The van der Waals surface area contributed by atoms with E-state index in [9.17, 15) is 4.79 Å². The molecule has 1 fully saturated rings. The third kappa shape index (κ3) is 4.35. The molecule has 3 rings (SSSR count). The van der Waals surface area contributed by atoms with Crippen molar-refractivity contribution in [2.45, 2.75) is 6.42 Å². The number of piperazine rings is 1. The van der Waals surface area contributed by atoms with Gasteiger partial charge in [0.1, 0.15) is 0 Å². The molecule has 0 unspecified atom stereocenters. The molecule has 1 aromatic heterocycles.